The van der Waals surface area contributed by atoms with Crippen LogP contribution in [0.15, 0.2) is 36.4 Å². The Morgan fingerprint density at radius 2 is 1.91 bits per heavy atom. The second-order valence-electron chi connectivity index (χ2n) is 1.98. The van der Waals surface area contributed by atoms with Crippen molar-refractivity contribution in [3.05, 3.63) is 42.0 Å². The molecule has 1 rings (SSSR count). The van der Waals surface area contributed by atoms with E-state index in [1.54, 1.807) is 0 Å². The van der Waals surface area contributed by atoms with Crippen LogP contribution in [0.4, 0.5) is 0 Å². The van der Waals surface area contributed by atoms with Gasteiger partial charge >= 0.3 is 0 Å². The molecule has 0 bridgehead atoms. The average molecular weight is 370 g/mol. The van der Waals surface area contributed by atoms with Gasteiger partial charge in [0.2, 0.25) is 0 Å². The molecule has 0 unspecified atom stereocenters. The minimum absolute atomic E-state index is 0.267. The SMILES string of the molecule is II=C/C=C\c1ccccc1. The van der Waals surface area contributed by atoms with Crippen molar-refractivity contribution in [1.29, 1.82) is 0 Å². The maximum absolute atomic E-state index is 2.43. The van der Waals surface area contributed by atoms with Crippen LogP contribution in [-0.2, 0) is 0 Å². The molecule has 0 fully saturated rings. The minimum Gasteiger partial charge on any atom is -0.0622 e. The van der Waals surface area contributed by atoms with Crippen LogP contribution in [0, 0.1) is 0 Å². The highest BCUT2D eigenvalue weighted by Crippen LogP contribution is 2.07. The molecule has 2 heteroatoms. The maximum atomic E-state index is 2.43. The first kappa shape index (κ1) is 9.38. The summed E-state index contributed by atoms with van der Waals surface area (Å²) in [7, 11) is 0. The molecular formula is C9H8I2. The molecule has 0 amide bonds. The molecule has 0 aliphatic carbocycles. The van der Waals surface area contributed by atoms with Crippen molar-refractivity contribution in [2.24, 2.45) is 0 Å². The van der Waals surface area contributed by atoms with Crippen LogP contribution in [0.3, 0.4) is 0 Å². The van der Waals surface area contributed by atoms with Gasteiger partial charge in [0.05, 0.1) is 0 Å². The van der Waals surface area contributed by atoms with Gasteiger partial charge in [-0.15, -0.1) is 0 Å². The molecule has 1 aromatic carbocycles. The van der Waals surface area contributed by atoms with E-state index in [0.29, 0.717) is 0 Å². The number of rotatable bonds is 2. The van der Waals surface area contributed by atoms with E-state index >= 15 is 0 Å². The van der Waals surface area contributed by atoms with Gasteiger partial charge in [0.15, 0.2) is 0 Å². The predicted octanol–water partition coefficient (Wildman–Crippen LogP) is 3.82. The summed E-state index contributed by atoms with van der Waals surface area (Å²) in [5, 5.41) is 0. The highest BCUT2D eigenvalue weighted by molar-refractivity contribution is 15.0. The van der Waals surface area contributed by atoms with E-state index in [4.69, 9.17) is 0 Å². The number of allylic oxidation sites excluding steroid dienone is 1. The summed E-state index contributed by atoms with van der Waals surface area (Å²) in [5.41, 5.74) is 1.28. The number of hydrogen-bond acceptors (Lipinski definition) is 0. The van der Waals surface area contributed by atoms with E-state index in [-0.39, 0.29) is 16.8 Å². The summed E-state index contributed by atoms with van der Waals surface area (Å²) < 4.78 is 2.24. The van der Waals surface area contributed by atoms with Crippen LogP contribution in [0.1, 0.15) is 5.56 Å². The summed E-state index contributed by atoms with van der Waals surface area (Å²) in [6.07, 6.45) is 4.27. The molecule has 0 saturated heterocycles. The smallest absolute Gasteiger partial charge is 0.00684 e. The number of benzene rings is 1. The maximum Gasteiger partial charge on any atom is -0.00684 e. The van der Waals surface area contributed by atoms with Gasteiger partial charge in [0.1, 0.15) is 0 Å². The molecular weight excluding hydrogens is 362 g/mol. The summed E-state index contributed by atoms with van der Waals surface area (Å²) in [5.74, 6) is 0. The van der Waals surface area contributed by atoms with E-state index in [1.807, 2.05) is 6.07 Å². The number of halogens is 2. The van der Waals surface area contributed by atoms with E-state index < -0.39 is 0 Å². The fourth-order valence-electron chi connectivity index (χ4n) is 0.739. The largest absolute Gasteiger partial charge is 0.0622 e. The summed E-state index contributed by atoms with van der Waals surface area (Å²) in [6, 6.07) is 10.4. The Labute approximate surface area is 86.6 Å². The Balaban J connectivity index is 2.64. The van der Waals surface area contributed by atoms with Crippen LogP contribution in [0.25, 0.3) is 6.08 Å². The molecule has 0 spiro atoms. The third-order valence-corrected chi connectivity index (χ3v) is 3.72. The van der Waals surface area contributed by atoms with Crippen molar-refractivity contribution in [2.45, 2.75) is 0 Å². The van der Waals surface area contributed by atoms with Gasteiger partial charge < -0.3 is 0 Å². The van der Waals surface area contributed by atoms with Crippen LogP contribution in [0.2, 0.25) is 0 Å². The molecule has 0 nitrogen and oxygen atoms in total. The van der Waals surface area contributed by atoms with Crippen molar-refractivity contribution in [3.63, 3.8) is 0 Å². The summed E-state index contributed by atoms with van der Waals surface area (Å²) in [6.45, 7) is 0. The lowest BCUT2D eigenvalue weighted by Gasteiger charge is -1.87. The quantitative estimate of drug-likeness (QED) is 0.695. The van der Waals surface area contributed by atoms with Crippen LogP contribution in [0.5, 0.6) is 0 Å². The molecule has 0 heterocycles. The fourth-order valence-corrected chi connectivity index (χ4v) is 2.16. The molecule has 0 aliphatic rings. The zero-order valence-electron chi connectivity index (χ0n) is 5.87. The number of hydrogen-bond donors (Lipinski definition) is 0. The van der Waals surface area contributed by atoms with E-state index in [1.165, 1.54) is 5.56 Å². The van der Waals surface area contributed by atoms with E-state index in [9.17, 15) is 0 Å². The average Bonchev–Trinajstić information content (AvgIpc) is 2.07. The summed E-state index contributed by atoms with van der Waals surface area (Å²) in [4.78, 5) is 0. The van der Waals surface area contributed by atoms with Crippen molar-refractivity contribution in [3.8, 4) is 0 Å². The molecule has 0 saturated carbocycles. The third kappa shape index (κ3) is 4.00. The first-order valence-corrected chi connectivity index (χ1v) is 10.8. The van der Waals surface area contributed by atoms with Gasteiger partial charge in [-0.1, -0.05) is 42.5 Å². The minimum atomic E-state index is 0.267. The normalized spacial score (nSPS) is 12.1. The molecule has 11 heavy (non-hydrogen) atoms. The standard InChI is InChI=1S/C9H8I2/c10-11-8-4-7-9-5-2-1-3-6-9/h1-8H/b7-4-. The van der Waals surface area contributed by atoms with Gasteiger partial charge in [-0.05, 0) is 44.9 Å². The first-order chi connectivity index (χ1) is 5.43. The molecule has 0 aliphatic heterocycles. The molecule has 1 aromatic rings. The van der Waals surface area contributed by atoms with Crippen molar-refractivity contribution in [1.82, 2.24) is 0 Å². The van der Waals surface area contributed by atoms with E-state index in [2.05, 4.69) is 59.0 Å². The molecule has 58 valence electrons. The first-order valence-electron chi connectivity index (χ1n) is 3.23. The van der Waals surface area contributed by atoms with Gasteiger partial charge in [-0.2, -0.15) is 0 Å². The molecule has 0 aromatic heterocycles. The molecule has 0 N–H and O–H groups in total. The van der Waals surface area contributed by atoms with Crippen molar-refractivity contribution >= 4 is 45.5 Å². The monoisotopic (exact) mass is 370 g/mol. The fraction of sp³-hybridized carbons (Fsp3) is 0. The Hall–Kier alpha value is 0.290. The Bertz CT molecular complexity index is 250. The Morgan fingerprint density at radius 3 is 2.55 bits per heavy atom. The molecule has 0 radical (unpaired) electrons. The van der Waals surface area contributed by atoms with Gasteiger partial charge in [-0.3, -0.25) is 0 Å². The second kappa shape index (κ2) is 5.88. The van der Waals surface area contributed by atoms with Crippen molar-refractivity contribution < 1.29 is 0 Å². The Morgan fingerprint density at radius 1 is 1.18 bits per heavy atom. The van der Waals surface area contributed by atoms with E-state index in [0.717, 1.165) is 0 Å². The highest BCUT2D eigenvalue weighted by atomic mass is 128. The zero-order valence-corrected chi connectivity index (χ0v) is 10.2. The summed E-state index contributed by atoms with van der Waals surface area (Å²) >= 11 is 2.70. The lowest BCUT2D eigenvalue weighted by molar-refractivity contribution is 1.66. The lowest BCUT2D eigenvalue weighted by Crippen LogP contribution is -1.67. The van der Waals surface area contributed by atoms with Crippen LogP contribution < -0.4 is 0 Å². The Kier molecular flexibility index (Phi) is 5.01. The van der Waals surface area contributed by atoms with Gasteiger partial charge in [0, 0.05) is 0 Å². The predicted molar refractivity (Wildman–Crippen MR) is 69.6 cm³/mol. The third-order valence-electron chi connectivity index (χ3n) is 1.21. The molecule has 0 atom stereocenters. The van der Waals surface area contributed by atoms with Gasteiger partial charge in [0.25, 0.3) is 0 Å². The second-order valence-corrected chi connectivity index (χ2v) is 6.33. The lowest BCUT2D eigenvalue weighted by atomic mass is 10.2. The topological polar surface area (TPSA) is 0 Å². The highest BCUT2D eigenvalue weighted by Gasteiger charge is 1.78. The van der Waals surface area contributed by atoms with Gasteiger partial charge in [-0.25, -0.2) is 0 Å². The van der Waals surface area contributed by atoms with Crippen molar-refractivity contribution in [2.75, 3.05) is 0 Å². The zero-order chi connectivity index (χ0) is 7.94. The van der Waals surface area contributed by atoms with Crippen LogP contribution >= 0.6 is 35.4 Å². The van der Waals surface area contributed by atoms with Crippen LogP contribution in [-0.4, -0.2) is 4.01 Å².